The predicted octanol–water partition coefficient (Wildman–Crippen LogP) is 6.26. The number of urea groups is 1. The van der Waals surface area contributed by atoms with E-state index in [9.17, 15) is 19.5 Å². The average Bonchev–Trinajstić information content (AvgIpc) is 3.23. The van der Waals surface area contributed by atoms with E-state index in [1.807, 2.05) is 45.0 Å². The van der Waals surface area contributed by atoms with Crippen molar-refractivity contribution in [3.05, 3.63) is 64.0 Å². The van der Waals surface area contributed by atoms with Crippen molar-refractivity contribution >= 4 is 40.7 Å². The van der Waals surface area contributed by atoms with Crippen molar-refractivity contribution in [3.8, 4) is 16.2 Å². The van der Waals surface area contributed by atoms with Crippen LogP contribution in [0.1, 0.15) is 40.2 Å². The molecular weight excluding hydrogens is 480 g/mol. The van der Waals surface area contributed by atoms with E-state index in [0.29, 0.717) is 16.3 Å². The zero-order valence-electron chi connectivity index (χ0n) is 21.1. The fraction of sp³-hybridized carbons (Fsp3) is 0.296. The third kappa shape index (κ3) is 6.23. The smallest absolute Gasteiger partial charge is 0.351 e. The number of esters is 1. The van der Waals surface area contributed by atoms with Crippen LogP contribution in [-0.2, 0) is 9.53 Å². The van der Waals surface area contributed by atoms with E-state index in [-0.39, 0.29) is 10.6 Å². The zero-order valence-corrected chi connectivity index (χ0v) is 21.9. The summed E-state index contributed by atoms with van der Waals surface area (Å²) in [5.41, 5.74) is 4.61. The van der Waals surface area contributed by atoms with Gasteiger partial charge in [0, 0.05) is 16.5 Å². The molecule has 0 bridgehead atoms. The minimum atomic E-state index is -1.32. The predicted molar refractivity (Wildman–Crippen MR) is 141 cm³/mol. The van der Waals surface area contributed by atoms with Gasteiger partial charge in [0.1, 0.15) is 10.6 Å². The molecule has 0 unspecified atom stereocenters. The molecule has 0 saturated carbocycles. The lowest BCUT2D eigenvalue weighted by Gasteiger charge is -2.17. The van der Waals surface area contributed by atoms with E-state index >= 15 is 0 Å². The van der Waals surface area contributed by atoms with E-state index in [2.05, 4.69) is 10.6 Å². The molecule has 0 aliphatic rings. The normalized spacial score (nSPS) is 11.6. The lowest BCUT2D eigenvalue weighted by atomic mass is 10.1. The SMILES string of the molecule is COc1ccc(-c2cc(NC(=O)Nc3c(C)cc(C)cc3C)c(C(=O)O[C@H](C(=O)O)C(C)C)s2)cc1. The number of nitrogens with one attached hydrogen (secondary N) is 2. The third-order valence-electron chi connectivity index (χ3n) is 5.54. The summed E-state index contributed by atoms with van der Waals surface area (Å²) >= 11 is 1.11. The molecular formula is C27H30N2O6S. The van der Waals surface area contributed by atoms with Crippen LogP contribution in [-0.4, -0.2) is 36.3 Å². The molecule has 2 aromatic carbocycles. The molecule has 190 valence electrons. The molecule has 0 spiro atoms. The zero-order chi connectivity index (χ0) is 26.6. The molecule has 0 fully saturated rings. The highest BCUT2D eigenvalue weighted by atomic mass is 32.1. The number of ether oxygens (including phenoxy) is 2. The van der Waals surface area contributed by atoms with Gasteiger partial charge in [-0.2, -0.15) is 0 Å². The number of thiophene rings is 1. The Bertz CT molecular complexity index is 1260. The minimum Gasteiger partial charge on any atom is -0.497 e. The van der Waals surface area contributed by atoms with Crippen molar-refractivity contribution in [2.24, 2.45) is 5.92 Å². The minimum absolute atomic E-state index is 0.0974. The van der Waals surface area contributed by atoms with Crippen LogP contribution in [0.4, 0.5) is 16.2 Å². The summed E-state index contributed by atoms with van der Waals surface area (Å²) in [7, 11) is 1.57. The Labute approximate surface area is 214 Å². The van der Waals surface area contributed by atoms with E-state index in [4.69, 9.17) is 9.47 Å². The average molecular weight is 511 g/mol. The first-order chi connectivity index (χ1) is 17.0. The first kappa shape index (κ1) is 26.7. The Kier molecular flexibility index (Phi) is 8.37. The quantitative estimate of drug-likeness (QED) is 0.308. The van der Waals surface area contributed by atoms with Gasteiger partial charge in [0.15, 0.2) is 0 Å². The molecule has 2 amide bonds. The van der Waals surface area contributed by atoms with Gasteiger partial charge in [-0.05, 0) is 67.8 Å². The number of anilines is 2. The monoisotopic (exact) mass is 510 g/mol. The molecule has 0 aliphatic carbocycles. The number of amides is 2. The highest BCUT2D eigenvalue weighted by Crippen LogP contribution is 2.36. The third-order valence-corrected chi connectivity index (χ3v) is 6.70. The Morgan fingerprint density at radius 1 is 0.944 bits per heavy atom. The maximum absolute atomic E-state index is 13.0. The Balaban J connectivity index is 1.94. The number of carboxylic acids is 1. The Morgan fingerprint density at radius 2 is 1.56 bits per heavy atom. The van der Waals surface area contributed by atoms with Crippen LogP contribution < -0.4 is 15.4 Å². The molecule has 0 aliphatic heterocycles. The molecule has 3 aromatic rings. The lowest BCUT2D eigenvalue weighted by Crippen LogP contribution is -2.32. The van der Waals surface area contributed by atoms with Crippen LogP contribution in [0.2, 0.25) is 0 Å². The van der Waals surface area contributed by atoms with E-state index in [1.165, 1.54) is 0 Å². The highest BCUT2D eigenvalue weighted by molar-refractivity contribution is 7.18. The summed E-state index contributed by atoms with van der Waals surface area (Å²) in [6.45, 7) is 9.10. The molecule has 1 heterocycles. The molecule has 3 N–H and O–H groups in total. The van der Waals surface area contributed by atoms with Gasteiger partial charge in [-0.25, -0.2) is 14.4 Å². The van der Waals surface area contributed by atoms with Crippen LogP contribution in [0.5, 0.6) is 5.75 Å². The number of methoxy groups -OCH3 is 1. The molecule has 0 saturated heterocycles. The number of aryl methyl sites for hydroxylation is 3. The van der Waals surface area contributed by atoms with Crippen molar-refractivity contribution in [2.75, 3.05) is 17.7 Å². The molecule has 36 heavy (non-hydrogen) atoms. The van der Waals surface area contributed by atoms with Gasteiger partial charge in [0.2, 0.25) is 6.10 Å². The van der Waals surface area contributed by atoms with Crippen molar-refractivity contribution in [2.45, 2.75) is 40.7 Å². The number of hydrogen-bond acceptors (Lipinski definition) is 6. The number of carboxylic acid groups (broad SMARTS) is 1. The summed E-state index contributed by atoms with van der Waals surface area (Å²) in [4.78, 5) is 38.4. The summed E-state index contributed by atoms with van der Waals surface area (Å²) in [5.74, 6) is -1.81. The molecule has 9 heteroatoms. The number of carbonyl (C=O) groups excluding carboxylic acids is 2. The van der Waals surface area contributed by atoms with Crippen molar-refractivity contribution < 1.29 is 29.0 Å². The summed E-state index contributed by atoms with van der Waals surface area (Å²) in [6.07, 6.45) is -1.32. The van der Waals surface area contributed by atoms with Crippen molar-refractivity contribution in [1.82, 2.24) is 0 Å². The number of benzene rings is 2. The van der Waals surface area contributed by atoms with Gasteiger partial charge in [-0.15, -0.1) is 11.3 Å². The first-order valence-electron chi connectivity index (χ1n) is 11.4. The Morgan fingerprint density at radius 3 is 2.08 bits per heavy atom. The molecule has 1 atom stereocenters. The van der Waals surface area contributed by atoms with Crippen LogP contribution in [0.3, 0.4) is 0 Å². The molecule has 0 radical (unpaired) electrons. The Hall–Kier alpha value is -3.85. The van der Waals surface area contributed by atoms with Crippen LogP contribution in [0.25, 0.3) is 10.4 Å². The number of hydrogen-bond donors (Lipinski definition) is 3. The second-order valence-electron chi connectivity index (χ2n) is 8.84. The fourth-order valence-electron chi connectivity index (χ4n) is 3.82. The standard InChI is InChI=1S/C27H30N2O6S/c1-14(2)23(25(30)31)35-26(32)24-20(13-21(36-24)18-7-9-19(34-6)10-8-18)28-27(33)29-22-16(4)11-15(3)12-17(22)5/h7-14,23H,1-6H3,(H,30,31)(H2,28,29,33)/t23-/m0/s1. The largest absolute Gasteiger partial charge is 0.497 e. The molecule has 3 rings (SSSR count). The van der Waals surface area contributed by atoms with E-state index in [1.54, 1.807) is 39.2 Å². The van der Waals surface area contributed by atoms with E-state index in [0.717, 1.165) is 33.6 Å². The summed E-state index contributed by atoms with van der Waals surface area (Å²) in [6, 6.07) is 12.3. The second kappa shape index (κ2) is 11.3. The first-order valence-corrected chi connectivity index (χ1v) is 12.2. The van der Waals surface area contributed by atoms with E-state index < -0.39 is 30.0 Å². The van der Waals surface area contributed by atoms with Gasteiger partial charge in [-0.3, -0.25) is 0 Å². The number of aliphatic carboxylic acids is 1. The topological polar surface area (TPSA) is 114 Å². The van der Waals surface area contributed by atoms with Gasteiger partial charge in [0.25, 0.3) is 0 Å². The second-order valence-corrected chi connectivity index (χ2v) is 9.90. The van der Waals surface area contributed by atoms with Crippen molar-refractivity contribution in [3.63, 3.8) is 0 Å². The fourth-order valence-corrected chi connectivity index (χ4v) is 4.82. The summed E-state index contributed by atoms with van der Waals surface area (Å²) < 4.78 is 10.5. The van der Waals surface area contributed by atoms with Crippen molar-refractivity contribution in [1.29, 1.82) is 0 Å². The van der Waals surface area contributed by atoms with Gasteiger partial charge in [-0.1, -0.05) is 31.5 Å². The number of carbonyl (C=O) groups is 3. The summed E-state index contributed by atoms with van der Waals surface area (Å²) in [5, 5.41) is 15.1. The number of rotatable bonds is 8. The van der Waals surface area contributed by atoms with Gasteiger partial charge < -0.3 is 25.2 Å². The maximum atomic E-state index is 13.0. The molecule has 8 nitrogen and oxygen atoms in total. The lowest BCUT2D eigenvalue weighted by molar-refractivity contribution is -0.149. The highest BCUT2D eigenvalue weighted by Gasteiger charge is 2.29. The van der Waals surface area contributed by atoms with Crippen LogP contribution in [0.15, 0.2) is 42.5 Å². The molecule has 1 aromatic heterocycles. The van der Waals surface area contributed by atoms with Crippen LogP contribution in [0, 0.1) is 26.7 Å². The van der Waals surface area contributed by atoms with Crippen LogP contribution >= 0.6 is 11.3 Å². The maximum Gasteiger partial charge on any atom is 0.351 e. The van der Waals surface area contributed by atoms with Gasteiger partial charge in [0.05, 0.1) is 12.8 Å². The van der Waals surface area contributed by atoms with Gasteiger partial charge >= 0.3 is 18.0 Å².